The van der Waals surface area contributed by atoms with Crippen LogP contribution >= 0.6 is 0 Å². The molecule has 1 aliphatic heterocycles. The number of rotatable bonds is 6. The normalized spacial score (nSPS) is 23.5. The van der Waals surface area contributed by atoms with Gasteiger partial charge in [0.15, 0.2) is 0 Å². The second-order valence-corrected chi connectivity index (χ2v) is 8.65. The molecule has 0 aromatic heterocycles. The molecule has 2 fully saturated rings. The first-order valence-electron chi connectivity index (χ1n) is 11.1. The molecule has 0 atom stereocenters. The van der Waals surface area contributed by atoms with Crippen LogP contribution < -0.4 is 5.32 Å². The summed E-state index contributed by atoms with van der Waals surface area (Å²) in [5, 5.41) is 3.01. The van der Waals surface area contributed by atoms with Gasteiger partial charge in [0.2, 0.25) is 11.8 Å². The Hall–Kier alpha value is -2.14. The largest absolute Gasteiger partial charge is 0.354 e. The van der Waals surface area contributed by atoms with E-state index in [1.165, 1.54) is 5.56 Å². The number of nitrogens with zero attached hydrogens (tertiary/aromatic N) is 2. The highest BCUT2D eigenvalue weighted by molar-refractivity contribution is 5.81. The van der Waals surface area contributed by atoms with Gasteiger partial charge in [0, 0.05) is 50.6 Å². The quantitative estimate of drug-likeness (QED) is 0.802. The molecule has 29 heavy (non-hydrogen) atoms. The SMILES string of the molecule is CC(C)NC(=O)C1CCC(C(=O)N2CCN(C/C=C/c3ccccc3)CC2)CC1. The fourth-order valence-electron chi connectivity index (χ4n) is 4.32. The Kier molecular flexibility index (Phi) is 7.87. The number of amides is 2. The standard InChI is InChI=1S/C24H35N3O2/c1-19(2)25-23(28)21-10-12-22(13-11-21)24(29)27-17-15-26(16-18-27)14-6-9-20-7-4-3-5-8-20/h3-9,19,21-22H,10-18H2,1-2H3,(H,25,28)/b9-6+. The molecule has 3 rings (SSSR count). The van der Waals surface area contributed by atoms with Crippen LogP contribution in [0.2, 0.25) is 0 Å². The monoisotopic (exact) mass is 397 g/mol. The highest BCUT2D eigenvalue weighted by Gasteiger charge is 2.33. The lowest BCUT2D eigenvalue weighted by atomic mass is 9.80. The highest BCUT2D eigenvalue weighted by Crippen LogP contribution is 2.30. The maximum Gasteiger partial charge on any atom is 0.225 e. The maximum atomic E-state index is 12.9. The van der Waals surface area contributed by atoms with Crippen LogP contribution in [-0.4, -0.2) is 60.4 Å². The molecule has 0 radical (unpaired) electrons. The Morgan fingerprint density at radius 2 is 1.62 bits per heavy atom. The third-order valence-electron chi connectivity index (χ3n) is 6.04. The van der Waals surface area contributed by atoms with E-state index in [-0.39, 0.29) is 23.8 Å². The molecule has 1 saturated heterocycles. The number of piperazine rings is 1. The van der Waals surface area contributed by atoms with Gasteiger partial charge in [-0.25, -0.2) is 0 Å². The molecule has 2 aliphatic rings. The predicted molar refractivity (Wildman–Crippen MR) is 117 cm³/mol. The minimum absolute atomic E-state index is 0.0784. The van der Waals surface area contributed by atoms with Crippen LogP contribution in [0.1, 0.15) is 45.1 Å². The van der Waals surface area contributed by atoms with E-state index in [1.54, 1.807) is 0 Å². The molecule has 1 aromatic carbocycles. The van der Waals surface area contributed by atoms with Crippen molar-refractivity contribution in [3.63, 3.8) is 0 Å². The average Bonchev–Trinajstić information content (AvgIpc) is 2.74. The van der Waals surface area contributed by atoms with Crippen LogP contribution in [0.15, 0.2) is 36.4 Å². The summed E-state index contributed by atoms with van der Waals surface area (Å²) in [6, 6.07) is 10.5. The molecule has 1 N–H and O–H groups in total. The Balaban J connectivity index is 1.38. The maximum absolute atomic E-state index is 12.9. The van der Waals surface area contributed by atoms with Crippen LogP contribution in [0.5, 0.6) is 0 Å². The van der Waals surface area contributed by atoms with Crippen molar-refractivity contribution in [1.82, 2.24) is 15.1 Å². The van der Waals surface area contributed by atoms with Crippen LogP contribution in [0.3, 0.4) is 0 Å². The summed E-state index contributed by atoms with van der Waals surface area (Å²) in [4.78, 5) is 29.5. The summed E-state index contributed by atoms with van der Waals surface area (Å²) < 4.78 is 0. The summed E-state index contributed by atoms with van der Waals surface area (Å²) in [6.45, 7) is 8.38. The zero-order valence-electron chi connectivity index (χ0n) is 17.8. The van der Waals surface area contributed by atoms with Gasteiger partial charge in [-0.15, -0.1) is 0 Å². The zero-order chi connectivity index (χ0) is 20.6. The lowest BCUT2D eigenvalue weighted by Gasteiger charge is -2.37. The number of nitrogens with one attached hydrogen (secondary N) is 1. The molecular formula is C24H35N3O2. The van der Waals surface area contributed by atoms with E-state index in [9.17, 15) is 9.59 Å². The molecule has 5 heteroatoms. The number of carbonyl (C=O) groups excluding carboxylic acids is 2. The van der Waals surface area contributed by atoms with Crippen molar-refractivity contribution < 1.29 is 9.59 Å². The van der Waals surface area contributed by atoms with Crippen LogP contribution in [0.4, 0.5) is 0 Å². The van der Waals surface area contributed by atoms with Crippen molar-refractivity contribution in [1.29, 1.82) is 0 Å². The van der Waals surface area contributed by atoms with E-state index in [1.807, 2.05) is 36.9 Å². The third-order valence-corrected chi connectivity index (χ3v) is 6.04. The molecule has 1 saturated carbocycles. The van der Waals surface area contributed by atoms with Crippen LogP contribution in [0.25, 0.3) is 6.08 Å². The third kappa shape index (κ3) is 6.43. The molecule has 1 aromatic rings. The number of benzene rings is 1. The fourth-order valence-corrected chi connectivity index (χ4v) is 4.32. The summed E-state index contributed by atoms with van der Waals surface area (Å²) in [7, 11) is 0. The molecular weight excluding hydrogens is 362 g/mol. The second-order valence-electron chi connectivity index (χ2n) is 8.65. The van der Waals surface area contributed by atoms with Gasteiger partial charge in [0.05, 0.1) is 0 Å². The van der Waals surface area contributed by atoms with Gasteiger partial charge < -0.3 is 10.2 Å². The molecule has 158 valence electrons. The van der Waals surface area contributed by atoms with Gasteiger partial charge >= 0.3 is 0 Å². The first-order valence-corrected chi connectivity index (χ1v) is 11.1. The Morgan fingerprint density at radius 1 is 1.00 bits per heavy atom. The van der Waals surface area contributed by atoms with Crippen molar-refractivity contribution in [2.75, 3.05) is 32.7 Å². The van der Waals surface area contributed by atoms with Gasteiger partial charge in [0.25, 0.3) is 0 Å². The molecule has 0 bridgehead atoms. The Labute approximate surface area is 175 Å². The first kappa shape index (κ1) is 21.6. The van der Waals surface area contributed by atoms with Gasteiger partial charge in [0.1, 0.15) is 0 Å². The van der Waals surface area contributed by atoms with Crippen molar-refractivity contribution >= 4 is 17.9 Å². The van der Waals surface area contributed by atoms with Gasteiger partial charge in [-0.1, -0.05) is 42.5 Å². The first-order chi connectivity index (χ1) is 14.0. The highest BCUT2D eigenvalue weighted by atomic mass is 16.2. The molecule has 5 nitrogen and oxygen atoms in total. The van der Waals surface area contributed by atoms with Crippen molar-refractivity contribution in [3.8, 4) is 0 Å². The van der Waals surface area contributed by atoms with Gasteiger partial charge in [-0.3, -0.25) is 14.5 Å². The van der Waals surface area contributed by atoms with Crippen molar-refractivity contribution in [2.24, 2.45) is 11.8 Å². The minimum Gasteiger partial charge on any atom is -0.354 e. The van der Waals surface area contributed by atoms with Crippen LogP contribution in [-0.2, 0) is 9.59 Å². The summed E-state index contributed by atoms with van der Waals surface area (Å²) in [5.74, 6) is 0.632. The van der Waals surface area contributed by atoms with E-state index < -0.39 is 0 Å². The van der Waals surface area contributed by atoms with Crippen molar-refractivity contribution in [2.45, 2.75) is 45.6 Å². The summed E-state index contributed by atoms with van der Waals surface area (Å²) in [5.41, 5.74) is 1.22. The van der Waals surface area contributed by atoms with E-state index in [4.69, 9.17) is 0 Å². The predicted octanol–water partition coefficient (Wildman–Crippen LogP) is 3.18. The van der Waals surface area contributed by atoms with Gasteiger partial charge in [-0.05, 0) is 45.1 Å². The Morgan fingerprint density at radius 3 is 2.24 bits per heavy atom. The lowest BCUT2D eigenvalue weighted by Crippen LogP contribution is -2.50. The molecule has 1 heterocycles. The van der Waals surface area contributed by atoms with E-state index in [0.717, 1.165) is 58.4 Å². The minimum atomic E-state index is 0.0784. The van der Waals surface area contributed by atoms with Gasteiger partial charge in [-0.2, -0.15) is 0 Å². The molecule has 2 amide bonds. The van der Waals surface area contributed by atoms with E-state index >= 15 is 0 Å². The molecule has 0 spiro atoms. The number of hydrogen-bond acceptors (Lipinski definition) is 3. The number of hydrogen-bond donors (Lipinski definition) is 1. The average molecular weight is 398 g/mol. The fraction of sp³-hybridized carbons (Fsp3) is 0.583. The second kappa shape index (κ2) is 10.6. The topological polar surface area (TPSA) is 52.7 Å². The summed E-state index contributed by atoms with van der Waals surface area (Å²) >= 11 is 0. The Bertz CT molecular complexity index is 685. The molecule has 0 unspecified atom stereocenters. The van der Waals surface area contributed by atoms with Crippen molar-refractivity contribution in [3.05, 3.63) is 42.0 Å². The lowest BCUT2D eigenvalue weighted by molar-refractivity contribution is -0.140. The van der Waals surface area contributed by atoms with Crippen LogP contribution in [0, 0.1) is 11.8 Å². The molecule has 1 aliphatic carbocycles. The summed E-state index contributed by atoms with van der Waals surface area (Å²) in [6.07, 6.45) is 7.71. The zero-order valence-corrected chi connectivity index (χ0v) is 17.8. The van der Waals surface area contributed by atoms with E-state index in [2.05, 4.69) is 34.5 Å². The van der Waals surface area contributed by atoms with E-state index in [0.29, 0.717) is 5.91 Å². The smallest absolute Gasteiger partial charge is 0.225 e. The number of carbonyl (C=O) groups is 2.